The molecule has 3 atom stereocenters. The monoisotopic (exact) mass is 257 g/mol. The molecule has 6 nitrogen and oxygen atoms in total. The van der Waals surface area contributed by atoms with Crippen LogP contribution in [-0.2, 0) is 19.1 Å². The minimum atomic E-state index is -0.895. The Morgan fingerprint density at radius 1 is 1.50 bits per heavy atom. The third kappa shape index (κ3) is 3.20. The van der Waals surface area contributed by atoms with E-state index in [9.17, 15) is 9.59 Å². The van der Waals surface area contributed by atoms with Crippen LogP contribution in [0.25, 0.3) is 0 Å². The predicted molar refractivity (Wildman–Crippen MR) is 62.1 cm³/mol. The maximum atomic E-state index is 12.1. The van der Waals surface area contributed by atoms with Gasteiger partial charge in [-0.15, -0.1) is 0 Å². The summed E-state index contributed by atoms with van der Waals surface area (Å²) in [6.07, 6.45) is 0.407. The van der Waals surface area contributed by atoms with Gasteiger partial charge in [0.25, 0.3) is 0 Å². The van der Waals surface area contributed by atoms with Gasteiger partial charge in [0.2, 0.25) is 5.91 Å². The Morgan fingerprint density at radius 3 is 2.94 bits per heavy atom. The lowest BCUT2D eigenvalue weighted by Crippen LogP contribution is -2.47. The lowest BCUT2D eigenvalue weighted by Gasteiger charge is -2.32. The van der Waals surface area contributed by atoms with Gasteiger partial charge < -0.3 is 19.5 Å². The lowest BCUT2D eigenvalue weighted by molar-refractivity contribution is -0.148. The van der Waals surface area contributed by atoms with Crippen LogP contribution >= 0.6 is 0 Å². The summed E-state index contributed by atoms with van der Waals surface area (Å²) in [7, 11) is 0. The fraction of sp³-hybridized carbons (Fsp3) is 0.833. The van der Waals surface area contributed by atoms with Crippen LogP contribution in [0.3, 0.4) is 0 Å². The van der Waals surface area contributed by atoms with Gasteiger partial charge in [0.15, 0.2) is 0 Å². The van der Waals surface area contributed by atoms with E-state index < -0.39 is 5.97 Å². The van der Waals surface area contributed by atoms with Crippen molar-refractivity contribution in [3.63, 3.8) is 0 Å². The number of morpholine rings is 1. The third-order valence-corrected chi connectivity index (χ3v) is 3.28. The fourth-order valence-electron chi connectivity index (χ4n) is 2.30. The zero-order valence-electron chi connectivity index (χ0n) is 10.5. The summed E-state index contributed by atoms with van der Waals surface area (Å²) in [5, 5.41) is 8.72. The van der Waals surface area contributed by atoms with Crippen molar-refractivity contribution in [3.8, 4) is 0 Å². The summed E-state index contributed by atoms with van der Waals surface area (Å²) in [5.74, 6) is -0.853. The van der Waals surface area contributed by atoms with E-state index >= 15 is 0 Å². The summed E-state index contributed by atoms with van der Waals surface area (Å²) in [6.45, 7) is 3.87. The maximum Gasteiger partial charge on any atom is 0.306 e. The minimum Gasteiger partial charge on any atom is -0.481 e. The van der Waals surface area contributed by atoms with Crippen LogP contribution in [0.1, 0.15) is 19.8 Å². The van der Waals surface area contributed by atoms with Crippen molar-refractivity contribution in [2.45, 2.75) is 32.0 Å². The molecule has 1 heterocycles. The standard InChI is InChI=1S/C12H19NO5/c1-2-17-10-6-9(10)12(16)13-3-4-18-8(7-13)5-11(14)15/h8-10H,2-7H2,1H3,(H,14,15)/t8-,9-,10-/m1/s1. The molecule has 1 amide bonds. The molecule has 1 saturated carbocycles. The average molecular weight is 257 g/mol. The SMILES string of the molecule is CCO[C@@H]1C[C@H]1C(=O)N1CCO[C@H](CC(=O)O)C1. The van der Waals surface area contributed by atoms with E-state index in [1.54, 1.807) is 4.90 Å². The Kier molecular flexibility index (Phi) is 4.19. The first kappa shape index (κ1) is 13.3. The zero-order valence-corrected chi connectivity index (χ0v) is 10.5. The van der Waals surface area contributed by atoms with Crippen molar-refractivity contribution in [1.82, 2.24) is 4.90 Å². The van der Waals surface area contributed by atoms with Crippen LogP contribution in [0.15, 0.2) is 0 Å². The van der Waals surface area contributed by atoms with E-state index in [1.165, 1.54) is 0 Å². The van der Waals surface area contributed by atoms with Gasteiger partial charge in [-0.3, -0.25) is 9.59 Å². The second-order valence-electron chi connectivity index (χ2n) is 4.71. The molecule has 6 heteroatoms. The van der Waals surface area contributed by atoms with E-state index in [-0.39, 0.29) is 30.5 Å². The molecule has 1 aliphatic carbocycles. The van der Waals surface area contributed by atoms with Gasteiger partial charge in [0.1, 0.15) is 0 Å². The number of hydrogen-bond acceptors (Lipinski definition) is 4. The summed E-state index contributed by atoms with van der Waals surface area (Å²) in [6, 6.07) is 0. The fourth-order valence-corrected chi connectivity index (χ4v) is 2.30. The topological polar surface area (TPSA) is 76.1 Å². The molecule has 102 valence electrons. The summed E-state index contributed by atoms with van der Waals surface area (Å²) >= 11 is 0. The number of rotatable bonds is 5. The highest BCUT2D eigenvalue weighted by Gasteiger charge is 2.46. The Morgan fingerprint density at radius 2 is 2.28 bits per heavy atom. The summed E-state index contributed by atoms with van der Waals surface area (Å²) in [5.41, 5.74) is 0. The van der Waals surface area contributed by atoms with Gasteiger partial charge >= 0.3 is 5.97 Å². The summed E-state index contributed by atoms with van der Waals surface area (Å²) in [4.78, 5) is 24.5. The molecule has 2 fully saturated rings. The predicted octanol–water partition coefficient (Wildman–Crippen LogP) is 0.114. The molecule has 0 radical (unpaired) electrons. The minimum absolute atomic E-state index is 0.0338. The van der Waals surface area contributed by atoms with Gasteiger partial charge in [-0.05, 0) is 13.3 Å². The van der Waals surface area contributed by atoms with Crippen LogP contribution in [-0.4, -0.2) is 60.4 Å². The number of ether oxygens (including phenoxy) is 2. The van der Waals surface area contributed by atoms with Crippen LogP contribution in [0, 0.1) is 5.92 Å². The molecule has 18 heavy (non-hydrogen) atoms. The lowest BCUT2D eigenvalue weighted by atomic mass is 10.2. The molecular weight excluding hydrogens is 238 g/mol. The van der Waals surface area contributed by atoms with Crippen LogP contribution in [0.5, 0.6) is 0 Å². The molecule has 0 aromatic rings. The molecule has 0 spiro atoms. The second-order valence-corrected chi connectivity index (χ2v) is 4.71. The quantitative estimate of drug-likeness (QED) is 0.756. The number of amides is 1. The highest BCUT2D eigenvalue weighted by atomic mass is 16.5. The average Bonchev–Trinajstić information content (AvgIpc) is 3.07. The molecule has 2 rings (SSSR count). The first-order valence-corrected chi connectivity index (χ1v) is 6.35. The molecule has 0 bridgehead atoms. The van der Waals surface area contributed by atoms with Crippen LogP contribution in [0.4, 0.5) is 0 Å². The van der Waals surface area contributed by atoms with Gasteiger partial charge in [-0.25, -0.2) is 0 Å². The smallest absolute Gasteiger partial charge is 0.306 e. The first-order chi connectivity index (χ1) is 8.61. The molecule has 0 aromatic carbocycles. The van der Waals surface area contributed by atoms with Crippen LogP contribution < -0.4 is 0 Å². The van der Waals surface area contributed by atoms with Crippen molar-refractivity contribution in [2.75, 3.05) is 26.3 Å². The number of carboxylic acids is 1. The number of hydrogen-bond donors (Lipinski definition) is 1. The number of carbonyl (C=O) groups excluding carboxylic acids is 1. The molecule has 0 aromatic heterocycles. The highest BCUT2D eigenvalue weighted by molar-refractivity contribution is 5.82. The Labute approximate surface area is 106 Å². The second kappa shape index (κ2) is 5.67. The number of carbonyl (C=O) groups is 2. The van der Waals surface area contributed by atoms with Crippen molar-refractivity contribution in [2.24, 2.45) is 5.92 Å². The highest BCUT2D eigenvalue weighted by Crippen LogP contribution is 2.35. The van der Waals surface area contributed by atoms with Gasteiger partial charge in [-0.1, -0.05) is 0 Å². The molecule has 1 aliphatic heterocycles. The number of nitrogens with zero attached hydrogens (tertiary/aromatic N) is 1. The molecule has 1 saturated heterocycles. The maximum absolute atomic E-state index is 12.1. The van der Waals surface area contributed by atoms with E-state index in [4.69, 9.17) is 14.6 Å². The van der Waals surface area contributed by atoms with E-state index in [1.807, 2.05) is 6.92 Å². The van der Waals surface area contributed by atoms with Crippen LogP contribution in [0.2, 0.25) is 0 Å². The third-order valence-electron chi connectivity index (χ3n) is 3.28. The van der Waals surface area contributed by atoms with E-state index in [0.717, 1.165) is 6.42 Å². The van der Waals surface area contributed by atoms with E-state index in [0.29, 0.717) is 26.3 Å². The number of carboxylic acid groups (broad SMARTS) is 1. The Balaban J connectivity index is 1.82. The molecular formula is C12H19NO5. The van der Waals surface area contributed by atoms with Crippen molar-refractivity contribution in [1.29, 1.82) is 0 Å². The molecule has 1 N–H and O–H groups in total. The number of aliphatic carboxylic acids is 1. The molecule has 2 aliphatic rings. The molecule has 0 unspecified atom stereocenters. The largest absolute Gasteiger partial charge is 0.481 e. The Hall–Kier alpha value is -1.14. The summed E-state index contributed by atoms with van der Waals surface area (Å²) < 4.78 is 10.7. The van der Waals surface area contributed by atoms with Crippen molar-refractivity contribution < 1.29 is 24.2 Å². The normalized spacial score (nSPS) is 31.2. The zero-order chi connectivity index (χ0) is 13.1. The van der Waals surface area contributed by atoms with E-state index in [2.05, 4.69) is 0 Å². The van der Waals surface area contributed by atoms with Gasteiger partial charge in [0, 0.05) is 19.7 Å². The van der Waals surface area contributed by atoms with Gasteiger partial charge in [0.05, 0.1) is 31.2 Å². The van der Waals surface area contributed by atoms with Gasteiger partial charge in [-0.2, -0.15) is 0 Å². The van der Waals surface area contributed by atoms with Crippen molar-refractivity contribution in [3.05, 3.63) is 0 Å². The van der Waals surface area contributed by atoms with Crippen molar-refractivity contribution >= 4 is 11.9 Å². The Bertz CT molecular complexity index is 332. The first-order valence-electron chi connectivity index (χ1n) is 6.35.